The van der Waals surface area contributed by atoms with Crippen molar-refractivity contribution in [3.05, 3.63) is 72.2 Å². The Morgan fingerprint density at radius 3 is 2.69 bits per heavy atom. The maximum absolute atomic E-state index is 12.5. The number of aromatic nitrogens is 4. The molecule has 0 saturated heterocycles. The lowest BCUT2D eigenvalue weighted by Gasteiger charge is -2.37. The third-order valence-electron chi connectivity index (χ3n) is 6.32. The van der Waals surface area contributed by atoms with Crippen LogP contribution in [-0.4, -0.2) is 32.6 Å². The van der Waals surface area contributed by atoms with Gasteiger partial charge in [0, 0.05) is 43.3 Å². The van der Waals surface area contributed by atoms with Crippen molar-refractivity contribution >= 4 is 5.91 Å². The van der Waals surface area contributed by atoms with Gasteiger partial charge in [0.05, 0.1) is 5.56 Å². The van der Waals surface area contributed by atoms with E-state index in [9.17, 15) is 4.79 Å². The second-order valence-corrected chi connectivity index (χ2v) is 8.81. The third kappa shape index (κ3) is 5.10. The first kappa shape index (κ1) is 21.9. The fraction of sp³-hybridized carbons (Fsp3) is 0.400. The van der Waals surface area contributed by atoms with E-state index in [1.165, 1.54) is 5.57 Å². The first-order valence-corrected chi connectivity index (χ1v) is 11.1. The molecule has 0 spiro atoms. The number of allylic oxidation sites excluding steroid dienone is 1. The number of pyridine rings is 2. The van der Waals surface area contributed by atoms with Gasteiger partial charge in [0.2, 0.25) is 11.8 Å². The van der Waals surface area contributed by atoms with Crippen LogP contribution >= 0.6 is 0 Å². The number of carbonyl (C=O) groups excluding carboxylic acids is 1. The van der Waals surface area contributed by atoms with Gasteiger partial charge in [-0.05, 0) is 61.3 Å². The van der Waals surface area contributed by atoms with E-state index in [1.807, 2.05) is 12.1 Å². The molecule has 4 rings (SSSR count). The van der Waals surface area contributed by atoms with E-state index in [-0.39, 0.29) is 5.91 Å². The highest BCUT2D eigenvalue weighted by molar-refractivity contribution is 5.93. The van der Waals surface area contributed by atoms with Crippen LogP contribution in [0.25, 0.3) is 11.5 Å². The minimum Gasteiger partial charge on any atom is -0.421 e. The van der Waals surface area contributed by atoms with Gasteiger partial charge < -0.3 is 9.73 Å². The molecule has 3 atom stereocenters. The summed E-state index contributed by atoms with van der Waals surface area (Å²) in [7, 11) is 0. The number of nitrogens with one attached hydrogen (secondary N) is 1. The van der Waals surface area contributed by atoms with E-state index in [2.05, 4.69) is 52.3 Å². The molecule has 1 aliphatic carbocycles. The summed E-state index contributed by atoms with van der Waals surface area (Å²) in [5, 5.41) is 11.6. The van der Waals surface area contributed by atoms with Crippen molar-refractivity contribution in [3.63, 3.8) is 0 Å². The Bertz CT molecular complexity index is 1060. The Morgan fingerprint density at radius 2 is 1.97 bits per heavy atom. The number of amides is 1. The normalized spacial score (nSPS) is 20.8. The molecule has 0 aromatic carbocycles. The summed E-state index contributed by atoms with van der Waals surface area (Å²) >= 11 is 0. The van der Waals surface area contributed by atoms with Gasteiger partial charge in [0.25, 0.3) is 5.91 Å². The van der Waals surface area contributed by atoms with Crippen LogP contribution in [0.15, 0.2) is 65.1 Å². The molecule has 7 heteroatoms. The topological polar surface area (TPSA) is 93.8 Å². The quantitative estimate of drug-likeness (QED) is 0.559. The molecule has 32 heavy (non-hydrogen) atoms. The Kier molecular flexibility index (Phi) is 6.73. The predicted octanol–water partition coefficient (Wildman–Crippen LogP) is 4.35. The van der Waals surface area contributed by atoms with Gasteiger partial charge in [-0.2, -0.15) is 0 Å². The molecule has 0 bridgehead atoms. The summed E-state index contributed by atoms with van der Waals surface area (Å²) in [5.41, 5.74) is 2.77. The van der Waals surface area contributed by atoms with Crippen molar-refractivity contribution in [1.82, 2.24) is 25.5 Å². The van der Waals surface area contributed by atoms with Crippen LogP contribution in [0.5, 0.6) is 0 Å². The average molecular weight is 432 g/mol. The van der Waals surface area contributed by atoms with Gasteiger partial charge in [0.15, 0.2) is 0 Å². The van der Waals surface area contributed by atoms with Gasteiger partial charge in [-0.15, -0.1) is 10.2 Å². The Balaban J connectivity index is 1.43. The number of nitrogens with zero attached hydrogens (tertiary/aromatic N) is 4. The molecule has 1 amide bonds. The van der Waals surface area contributed by atoms with Crippen molar-refractivity contribution in [2.24, 2.45) is 23.7 Å². The fourth-order valence-electron chi connectivity index (χ4n) is 4.48. The highest BCUT2D eigenvalue weighted by Gasteiger charge is 2.32. The summed E-state index contributed by atoms with van der Waals surface area (Å²) in [6.45, 7) is 7.28. The Hall–Kier alpha value is -3.35. The first-order chi connectivity index (χ1) is 15.5. The zero-order chi connectivity index (χ0) is 22.5. The van der Waals surface area contributed by atoms with Crippen molar-refractivity contribution < 1.29 is 9.21 Å². The van der Waals surface area contributed by atoms with E-state index in [0.29, 0.717) is 47.6 Å². The van der Waals surface area contributed by atoms with E-state index in [0.717, 1.165) is 18.4 Å². The zero-order valence-electron chi connectivity index (χ0n) is 18.7. The minimum absolute atomic E-state index is 0.0803. The Morgan fingerprint density at radius 1 is 1.16 bits per heavy atom. The van der Waals surface area contributed by atoms with E-state index >= 15 is 0 Å². The lowest BCUT2D eigenvalue weighted by Crippen LogP contribution is -2.37. The van der Waals surface area contributed by atoms with Crippen LogP contribution in [0, 0.1) is 23.7 Å². The van der Waals surface area contributed by atoms with Crippen molar-refractivity contribution in [3.8, 4) is 11.5 Å². The SMILES string of the molecule is CC1=C[C@@H](CNC(=O)c2cccnc2)[C@H](C(C)C)C[C@H]1Cc1nnc(-c2ccncc2)o1. The summed E-state index contributed by atoms with van der Waals surface area (Å²) in [6.07, 6.45) is 10.8. The van der Waals surface area contributed by atoms with Crippen LogP contribution in [-0.2, 0) is 6.42 Å². The molecule has 7 nitrogen and oxygen atoms in total. The van der Waals surface area contributed by atoms with E-state index in [4.69, 9.17) is 4.42 Å². The molecular weight excluding hydrogens is 402 g/mol. The summed E-state index contributed by atoms with van der Waals surface area (Å²) < 4.78 is 5.93. The summed E-state index contributed by atoms with van der Waals surface area (Å²) in [4.78, 5) is 20.5. The molecular formula is C25H29N5O2. The molecule has 3 aromatic heterocycles. The maximum atomic E-state index is 12.5. The van der Waals surface area contributed by atoms with Crippen molar-refractivity contribution in [2.45, 2.75) is 33.6 Å². The largest absolute Gasteiger partial charge is 0.421 e. The standard InChI is InChI=1S/C25H29N5O2/c1-16(2)22-12-20(13-23-29-30-25(32-23)18-6-9-26-10-7-18)17(3)11-21(22)15-28-24(31)19-5-4-8-27-14-19/h4-11,14,16,20-22H,12-13,15H2,1-3H3,(H,28,31)/t20-,21-,22-/m0/s1. The number of hydrogen-bond donors (Lipinski definition) is 1. The average Bonchev–Trinajstić information content (AvgIpc) is 3.28. The minimum atomic E-state index is -0.0803. The summed E-state index contributed by atoms with van der Waals surface area (Å²) in [6, 6.07) is 7.29. The van der Waals surface area contributed by atoms with Crippen LogP contribution in [0.1, 0.15) is 43.4 Å². The molecule has 0 fully saturated rings. The van der Waals surface area contributed by atoms with Crippen molar-refractivity contribution in [1.29, 1.82) is 0 Å². The van der Waals surface area contributed by atoms with Gasteiger partial charge >= 0.3 is 0 Å². The second kappa shape index (κ2) is 9.85. The van der Waals surface area contributed by atoms with Crippen LogP contribution in [0.3, 0.4) is 0 Å². The smallest absolute Gasteiger partial charge is 0.252 e. The van der Waals surface area contributed by atoms with Crippen LogP contribution in [0.4, 0.5) is 0 Å². The lowest BCUT2D eigenvalue weighted by molar-refractivity contribution is 0.0938. The van der Waals surface area contributed by atoms with Gasteiger partial charge in [0.1, 0.15) is 0 Å². The third-order valence-corrected chi connectivity index (χ3v) is 6.32. The Labute approximate surface area is 188 Å². The second-order valence-electron chi connectivity index (χ2n) is 8.81. The van der Waals surface area contributed by atoms with Crippen LogP contribution < -0.4 is 5.32 Å². The number of carbonyl (C=O) groups is 1. The predicted molar refractivity (Wildman–Crippen MR) is 121 cm³/mol. The maximum Gasteiger partial charge on any atom is 0.252 e. The number of hydrogen-bond acceptors (Lipinski definition) is 6. The highest BCUT2D eigenvalue weighted by Crippen LogP contribution is 2.38. The monoisotopic (exact) mass is 431 g/mol. The van der Waals surface area contributed by atoms with Gasteiger partial charge in [-0.3, -0.25) is 14.8 Å². The zero-order valence-corrected chi connectivity index (χ0v) is 18.7. The molecule has 3 aromatic rings. The molecule has 1 N–H and O–H groups in total. The van der Waals surface area contributed by atoms with E-state index < -0.39 is 0 Å². The summed E-state index contributed by atoms with van der Waals surface area (Å²) in [5.74, 6) is 2.69. The van der Waals surface area contributed by atoms with Gasteiger partial charge in [-0.1, -0.05) is 25.5 Å². The van der Waals surface area contributed by atoms with Crippen molar-refractivity contribution in [2.75, 3.05) is 6.54 Å². The molecule has 0 radical (unpaired) electrons. The van der Waals surface area contributed by atoms with E-state index in [1.54, 1.807) is 36.9 Å². The molecule has 166 valence electrons. The van der Waals surface area contributed by atoms with Crippen LogP contribution in [0.2, 0.25) is 0 Å². The molecule has 0 unspecified atom stereocenters. The molecule has 3 heterocycles. The lowest BCUT2D eigenvalue weighted by atomic mass is 9.70. The van der Waals surface area contributed by atoms with Gasteiger partial charge in [-0.25, -0.2) is 0 Å². The molecule has 1 aliphatic rings. The molecule has 0 aliphatic heterocycles. The number of rotatable bonds is 7. The molecule has 0 saturated carbocycles. The fourth-order valence-corrected chi connectivity index (χ4v) is 4.48. The first-order valence-electron chi connectivity index (χ1n) is 11.1. The highest BCUT2D eigenvalue weighted by atomic mass is 16.4.